The Hall–Kier alpha value is -3.32. The van der Waals surface area contributed by atoms with Gasteiger partial charge in [0.2, 0.25) is 5.82 Å². The SMILES string of the molecule is Cc1ccc(-c2nc(C(=O)Nc3ccc(F)cc3)nn2-c2ccc(Br)cc2)cc1. The lowest BCUT2D eigenvalue weighted by Gasteiger charge is -2.06. The third-order valence-corrected chi connectivity index (χ3v) is 4.82. The molecule has 0 aliphatic carbocycles. The zero-order valence-corrected chi connectivity index (χ0v) is 17.0. The van der Waals surface area contributed by atoms with E-state index in [0.29, 0.717) is 11.5 Å². The van der Waals surface area contributed by atoms with Crippen LogP contribution < -0.4 is 5.32 Å². The van der Waals surface area contributed by atoms with E-state index >= 15 is 0 Å². The lowest BCUT2D eigenvalue weighted by molar-refractivity contribution is 0.101. The number of amides is 1. The fraction of sp³-hybridized carbons (Fsp3) is 0.0455. The van der Waals surface area contributed by atoms with Crippen LogP contribution >= 0.6 is 15.9 Å². The number of anilines is 1. The summed E-state index contributed by atoms with van der Waals surface area (Å²) in [5.41, 5.74) is 3.20. The standard InChI is InChI=1S/C22H16BrFN4O/c1-14-2-4-15(5-3-14)21-26-20(22(29)25-18-10-8-17(24)9-11-18)27-28(21)19-12-6-16(23)7-13-19/h2-13H,1H3,(H,25,29). The van der Waals surface area contributed by atoms with Crippen LogP contribution in [0.25, 0.3) is 17.1 Å². The number of hydrogen-bond acceptors (Lipinski definition) is 3. The molecule has 0 bridgehead atoms. The van der Waals surface area contributed by atoms with Gasteiger partial charge in [0.15, 0.2) is 5.82 Å². The molecule has 5 nitrogen and oxygen atoms in total. The maximum absolute atomic E-state index is 13.1. The second-order valence-corrected chi connectivity index (χ2v) is 7.39. The van der Waals surface area contributed by atoms with Gasteiger partial charge < -0.3 is 5.32 Å². The molecular formula is C22H16BrFN4O. The van der Waals surface area contributed by atoms with Gasteiger partial charge in [-0.1, -0.05) is 45.8 Å². The van der Waals surface area contributed by atoms with Crippen LogP contribution in [-0.2, 0) is 0 Å². The number of carbonyl (C=O) groups is 1. The molecular weight excluding hydrogens is 435 g/mol. The predicted molar refractivity (Wildman–Crippen MR) is 114 cm³/mol. The molecule has 0 aliphatic heterocycles. The van der Waals surface area contributed by atoms with E-state index in [9.17, 15) is 9.18 Å². The smallest absolute Gasteiger partial charge is 0.295 e. The molecule has 0 aliphatic rings. The molecule has 0 spiro atoms. The number of nitrogens with one attached hydrogen (secondary N) is 1. The van der Waals surface area contributed by atoms with Crippen molar-refractivity contribution in [2.45, 2.75) is 6.92 Å². The monoisotopic (exact) mass is 450 g/mol. The summed E-state index contributed by atoms with van der Waals surface area (Å²) in [6.45, 7) is 2.00. The first-order valence-corrected chi connectivity index (χ1v) is 9.66. The zero-order chi connectivity index (χ0) is 20.4. The number of aromatic nitrogens is 3. The molecule has 0 saturated carbocycles. The van der Waals surface area contributed by atoms with Gasteiger partial charge in [-0.3, -0.25) is 4.79 Å². The molecule has 4 aromatic rings. The maximum Gasteiger partial charge on any atom is 0.295 e. The lowest BCUT2D eigenvalue weighted by atomic mass is 10.1. The highest BCUT2D eigenvalue weighted by molar-refractivity contribution is 9.10. The summed E-state index contributed by atoms with van der Waals surface area (Å²) < 4.78 is 15.7. The van der Waals surface area contributed by atoms with Crippen molar-refractivity contribution in [3.05, 3.63) is 94.5 Å². The van der Waals surface area contributed by atoms with Crippen LogP contribution in [-0.4, -0.2) is 20.7 Å². The molecule has 1 amide bonds. The molecule has 0 fully saturated rings. The van der Waals surface area contributed by atoms with Gasteiger partial charge >= 0.3 is 0 Å². The fourth-order valence-electron chi connectivity index (χ4n) is 2.78. The van der Waals surface area contributed by atoms with Gasteiger partial charge in [-0.05, 0) is 55.5 Å². The highest BCUT2D eigenvalue weighted by atomic mass is 79.9. The molecule has 0 saturated heterocycles. The molecule has 0 unspecified atom stereocenters. The summed E-state index contributed by atoms with van der Waals surface area (Å²) in [7, 11) is 0. The van der Waals surface area contributed by atoms with Crippen molar-refractivity contribution in [2.24, 2.45) is 0 Å². The first-order valence-electron chi connectivity index (χ1n) is 8.86. The highest BCUT2D eigenvalue weighted by Crippen LogP contribution is 2.23. The molecule has 1 heterocycles. The molecule has 0 radical (unpaired) electrons. The lowest BCUT2D eigenvalue weighted by Crippen LogP contribution is -2.14. The van der Waals surface area contributed by atoms with Crippen molar-refractivity contribution in [1.29, 1.82) is 0 Å². The number of hydrogen-bond donors (Lipinski definition) is 1. The zero-order valence-electron chi connectivity index (χ0n) is 15.4. The third kappa shape index (κ3) is 4.25. The number of rotatable bonds is 4. The van der Waals surface area contributed by atoms with Crippen LogP contribution in [0.15, 0.2) is 77.3 Å². The minimum absolute atomic E-state index is 0.0211. The normalized spacial score (nSPS) is 10.7. The Morgan fingerprint density at radius 2 is 1.62 bits per heavy atom. The Morgan fingerprint density at radius 3 is 2.28 bits per heavy atom. The minimum Gasteiger partial charge on any atom is -0.319 e. The Morgan fingerprint density at radius 1 is 0.966 bits per heavy atom. The van der Waals surface area contributed by atoms with Gasteiger partial charge in [-0.25, -0.2) is 14.1 Å². The quantitative estimate of drug-likeness (QED) is 0.452. The Balaban J connectivity index is 1.74. The summed E-state index contributed by atoms with van der Waals surface area (Å²) >= 11 is 3.42. The van der Waals surface area contributed by atoms with Gasteiger partial charge in [0.25, 0.3) is 5.91 Å². The van der Waals surface area contributed by atoms with Crippen LogP contribution in [0.5, 0.6) is 0 Å². The topological polar surface area (TPSA) is 59.8 Å². The van der Waals surface area contributed by atoms with Gasteiger partial charge in [0.1, 0.15) is 5.82 Å². The Kier molecular flexibility index (Phi) is 5.22. The van der Waals surface area contributed by atoms with Gasteiger partial charge in [-0.2, -0.15) is 0 Å². The van der Waals surface area contributed by atoms with Crippen LogP contribution in [0.1, 0.15) is 16.2 Å². The largest absolute Gasteiger partial charge is 0.319 e. The number of benzene rings is 3. The second-order valence-electron chi connectivity index (χ2n) is 6.47. The summed E-state index contributed by atoms with van der Waals surface area (Å²) in [4.78, 5) is 17.2. The van der Waals surface area contributed by atoms with Crippen molar-refractivity contribution in [3.8, 4) is 17.1 Å². The van der Waals surface area contributed by atoms with E-state index in [-0.39, 0.29) is 11.6 Å². The molecule has 4 rings (SSSR count). The van der Waals surface area contributed by atoms with E-state index in [4.69, 9.17) is 0 Å². The maximum atomic E-state index is 13.1. The van der Waals surface area contributed by atoms with Gasteiger partial charge in [0.05, 0.1) is 5.69 Å². The molecule has 1 N–H and O–H groups in total. The van der Waals surface area contributed by atoms with Gasteiger partial charge in [0, 0.05) is 15.7 Å². The number of carbonyl (C=O) groups excluding carboxylic acids is 1. The van der Waals surface area contributed by atoms with Crippen molar-refractivity contribution >= 4 is 27.5 Å². The molecule has 1 aromatic heterocycles. The van der Waals surface area contributed by atoms with Crippen LogP contribution in [0.4, 0.5) is 10.1 Å². The molecule has 144 valence electrons. The first kappa shape index (κ1) is 19.0. The third-order valence-electron chi connectivity index (χ3n) is 4.29. The Labute approximate surface area is 175 Å². The second kappa shape index (κ2) is 7.97. The molecule has 29 heavy (non-hydrogen) atoms. The van der Waals surface area contributed by atoms with E-state index < -0.39 is 5.91 Å². The van der Waals surface area contributed by atoms with Crippen LogP contribution in [0, 0.1) is 12.7 Å². The van der Waals surface area contributed by atoms with Crippen LogP contribution in [0.2, 0.25) is 0 Å². The summed E-state index contributed by atoms with van der Waals surface area (Å²) in [5, 5.41) is 7.12. The first-order chi connectivity index (χ1) is 14.0. The average Bonchev–Trinajstić information content (AvgIpc) is 3.16. The van der Waals surface area contributed by atoms with E-state index in [1.54, 1.807) is 4.68 Å². The number of nitrogens with zero attached hydrogens (tertiary/aromatic N) is 3. The van der Waals surface area contributed by atoms with Crippen molar-refractivity contribution < 1.29 is 9.18 Å². The van der Waals surface area contributed by atoms with E-state index in [0.717, 1.165) is 21.3 Å². The Bertz CT molecular complexity index is 1090. The summed E-state index contributed by atoms with van der Waals surface area (Å²) in [6.07, 6.45) is 0. The molecule has 3 aromatic carbocycles. The highest BCUT2D eigenvalue weighted by Gasteiger charge is 2.19. The molecule has 0 atom stereocenters. The minimum atomic E-state index is -0.471. The molecule has 7 heteroatoms. The number of halogens is 2. The predicted octanol–water partition coefficient (Wildman–Crippen LogP) is 5.40. The van der Waals surface area contributed by atoms with E-state index in [1.165, 1.54) is 24.3 Å². The fourth-order valence-corrected chi connectivity index (χ4v) is 3.04. The summed E-state index contributed by atoms with van der Waals surface area (Å²) in [5.74, 6) is -0.271. The van der Waals surface area contributed by atoms with Gasteiger partial charge in [-0.15, -0.1) is 5.10 Å². The van der Waals surface area contributed by atoms with Crippen molar-refractivity contribution in [2.75, 3.05) is 5.32 Å². The summed E-state index contributed by atoms with van der Waals surface area (Å²) in [6, 6.07) is 20.9. The van der Waals surface area contributed by atoms with E-state index in [1.807, 2.05) is 55.5 Å². The van der Waals surface area contributed by atoms with Crippen LogP contribution in [0.3, 0.4) is 0 Å². The van der Waals surface area contributed by atoms with E-state index in [2.05, 4.69) is 31.3 Å². The average molecular weight is 451 g/mol. The number of aryl methyl sites for hydroxylation is 1. The van der Waals surface area contributed by atoms with Crippen molar-refractivity contribution in [1.82, 2.24) is 14.8 Å². The van der Waals surface area contributed by atoms with Crippen molar-refractivity contribution in [3.63, 3.8) is 0 Å².